The standard InChI is InChI=1S/C20H20N2O4/c1-2-26-19-9-5-8-17(20(19)22(24)25)21-13-18(23)16-11-10-14-6-3-4-7-15(14)12-16/h3-12,18,21,23H,2,13H2,1H3. The van der Waals surface area contributed by atoms with Crippen molar-refractivity contribution in [3.05, 3.63) is 76.3 Å². The van der Waals surface area contributed by atoms with Crippen LogP contribution in [0.3, 0.4) is 0 Å². The highest BCUT2D eigenvalue weighted by Crippen LogP contribution is 2.35. The zero-order valence-corrected chi connectivity index (χ0v) is 14.4. The molecule has 6 heteroatoms. The Hall–Kier alpha value is -3.12. The summed E-state index contributed by atoms with van der Waals surface area (Å²) in [6, 6.07) is 18.5. The zero-order chi connectivity index (χ0) is 18.5. The van der Waals surface area contributed by atoms with Gasteiger partial charge >= 0.3 is 5.69 Å². The van der Waals surface area contributed by atoms with E-state index in [1.807, 2.05) is 42.5 Å². The number of anilines is 1. The van der Waals surface area contributed by atoms with Gasteiger partial charge in [0.2, 0.25) is 0 Å². The molecule has 0 aromatic heterocycles. The number of para-hydroxylation sites is 1. The molecule has 0 aliphatic heterocycles. The summed E-state index contributed by atoms with van der Waals surface area (Å²) in [4.78, 5) is 10.9. The molecule has 26 heavy (non-hydrogen) atoms. The largest absolute Gasteiger partial charge is 0.487 e. The summed E-state index contributed by atoms with van der Waals surface area (Å²) < 4.78 is 5.33. The topological polar surface area (TPSA) is 84.6 Å². The number of nitro groups is 1. The smallest absolute Gasteiger partial charge is 0.333 e. The van der Waals surface area contributed by atoms with Crippen LogP contribution in [0.1, 0.15) is 18.6 Å². The first-order valence-corrected chi connectivity index (χ1v) is 8.41. The van der Waals surface area contributed by atoms with E-state index < -0.39 is 11.0 Å². The molecule has 0 fully saturated rings. The van der Waals surface area contributed by atoms with E-state index in [-0.39, 0.29) is 18.0 Å². The molecule has 0 radical (unpaired) electrons. The van der Waals surface area contributed by atoms with Crippen molar-refractivity contribution in [1.29, 1.82) is 0 Å². The first-order valence-electron chi connectivity index (χ1n) is 8.41. The summed E-state index contributed by atoms with van der Waals surface area (Å²) in [7, 11) is 0. The van der Waals surface area contributed by atoms with Crippen molar-refractivity contribution in [3.8, 4) is 5.75 Å². The molecule has 0 aliphatic carbocycles. The van der Waals surface area contributed by atoms with Crippen molar-refractivity contribution in [2.45, 2.75) is 13.0 Å². The highest BCUT2D eigenvalue weighted by molar-refractivity contribution is 5.83. The van der Waals surface area contributed by atoms with Gasteiger partial charge in [-0.3, -0.25) is 10.1 Å². The summed E-state index contributed by atoms with van der Waals surface area (Å²) >= 11 is 0. The van der Waals surface area contributed by atoms with E-state index in [2.05, 4.69) is 5.32 Å². The molecule has 0 aliphatic rings. The maximum atomic E-state index is 11.4. The molecule has 0 saturated carbocycles. The van der Waals surface area contributed by atoms with Gasteiger partial charge in [-0.05, 0) is 41.5 Å². The maximum absolute atomic E-state index is 11.4. The molecule has 134 valence electrons. The number of nitrogens with one attached hydrogen (secondary N) is 1. The fourth-order valence-electron chi connectivity index (χ4n) is 2.86. The van der Waals surface area contributed by atoms with Gasteiger partial charge in [0, 0.05) is 6.54 Å². The highest BCUT2D eigenvalue weighted by Gasteiger charge is 2.21. The lowest BCUT2D eigenvalue weighted by Gasteiger charge is -2.15. The molecule has 0 amide bonds. The number of nitrogens with zero attached hydrogens (tertiary/aromatic N) is 1. The van der Waals surface area contributed by atoms with E-state index in [0.717, 1.165) is 16.3 Å². The van der Waals surface area contributed by atoms with Gasteiger partial charge in [-0.15, -0.1) is 0 Å². The Morgan fingerprint density at radius 2 is 1.88 bits per heavy atom. The molecular weight excluding hydrogens is 332 g/mol. The summed E-state index contributed by atoms with van der Waals surface area (Å²) in [5.41, 5.74) is 0.945. The zero-order valence-electron chi connectivity index (χ0n) is 14.4. The molecule has 3 aromatic carbocycles. The normalized spacial score (nSPS) is 11.9. The van der Waals surface area contributed by atoms with E-state index in [0.29, 0.717) is 12.3 Å². The first-order chi connectivity index (χ1) is 12.6. The lowest BCUT2D eigenvalue weighted by atomic mass is 10.0. The molecule has 1 atom stereocenters. The van der Waals surface area contributed by atoms with Gasteiger partial charge in [-0.25, -0.2) is 0 Å². The van der Waals surface area contributed by atoms with Crippen LogP contribution in [-0.2, 0) is 0 Å². The van der Waals surface area contributed by atoms with E-state index in [1.165, 1.54) is 0 Å². The minimum Gasteiger partial charge on any atom is -0.487 e. The number of benzene rings is 3. The SMILES string of the molecule is CCOc1cccc(NCC(O)c2ccc3ccccc3c2)c1[N+](=O)[O-]. The average molecular weight is 352 g/mol. The molecule has 0 spiro atoms. The predicted octanol–water partition coefficient (Wildman–Crippen LogP) is 4.29. The maximum Gasteiger partial charge on any atom is 0.333 e. The van der Waals surface area contributed by atoms with E-state index in [4.69, 9.17) is 4.74 Å². The molecule has 3 rings (SSSR count). The Balaban J connectivity index is 1.79. The van der Waals surface area contributed by atoms with Gasteiger partial charge in [-0.2, -0.15) is 0 Å². The Bertz CT molecular complexity index is 927. The minimum atomic E-state index is -0.796. The molecule has 0 heterocycles. The van der Waals surface area contributed by atoms with Gasteiger partial charge in [-0.1, -0.05) is 42.5 Å². The van der Waals surface area contributed by atoms with E-state index in [1.54, 1.807) is 25.1 Å². The number of fused-ring (bicyclic) bond motifs is 1. The van der Waals surface area contributed by atoms with Crippen LogP contribution in [0.25, 0.3) is 10.8 Å². The van der Waals surface area contributed by atoms with Crippen molar-refractivity contribution < 1.29 is 14.8 Å². The minimum absolute atomic E-state index is 0.125. The number of hydrogen-bond acceptors (Lipinski definition) is 5. The second-order valence-corrected chi connectivity index (χ2v) is 5.85. The molecule has 6 nitrogen and oxygen atoms in total. The fraction of sp³-hybridized carbons (Fsp3) is 0.200. The summed E-state index contributed by atoms with van der Waals surface area (Å²) in [6.45, 7) is 2.26. The number of aliphatic hydroxyl groups is 1. The summed E-state index contributed by atoms with van der Waals surface area (Å²) in [6.07, 6.45) is -0.796. The molecule has 0 saturated heterocycles. The highest BCUT2D eigenvalue weighted by atomic mass is 16.6. The van der Waals surface area contributed by atoms with E-state index >= 15 is 0 Å². The Kier molecular flexibility index (Phi) is 5.34. The van der Waals surface area contributed by atoms with Crippen molar-refractivity contribution in [1.82, 2.24) is 0 Å². The molecule has 3 aromatic rings. The third kappa shape index (κ3) is 3.75. The van der Waals surface area contributed by atoms with Crippen molar-refractivity contribution in [2.24, 2.45) is 0 Å². The Labute approximate surface area is 151 Å². The van der Waals surface area contributed by atoms with Crippen molar-refractivity contribution >= 4 is 22.1 Å². The van der Waals surface area contributed by atoms with Crippen LogP contribution in [0.4, 0.5) is 11.4 Å². The van der Waals surface area contributed by atoms with Crippen LogP contribution in [-0.4, -0.2) is 23.2 Å². The summed E-state index contributed by atoms with van der Waals surface area (Å²) in [5.74, 6) is 0.211. The lowest BCUT2D eigenvalue weighted by Crippen LogP contribution is -2.13. The third-order valence-electron chi connectivity index (χ3n) is 4.13. The van der Waals surface area contributed by atoms with Crippen LogP contribution >= 0.6 is 0 Å². The van der Waals surface area contributed by atoms with Crippen molar-refractivity contribution in [3.63, 3.8) is 0 Å². The molecule has 0 bridgehead atoms. The number of rotatable bonds is 7. The Morgan fingerprint density at radius 3 is 2.62 bits per heavy atom. The van der Waals surface area contributed by atoms with Gasteiger partial charge < -0.3 is 15.2 Å². The number of hydrogen-bond donors (Lipinski definition) is 2. The average Bonchev–Trinajstić information content (AvgIpc) is 2.65. The summed E-state index contributed by atoms with van der Waals surface area (Å²) in [5, 5.41) is 27.0. The monoisotopic (exact) mass is 352 g/mol. The number of ether oxygens (including phenoxy) is 1. The quantitative estimate of drug-likeness (QED) is 0.489. The van der Waals surface area contributed by atoms with Gasteiger partial charge in [0.05, 0.1) is 17.6 Å². The predicted molar refractivity (Wildman–Crippen MR) is 102 cm³/mol. The van der Waals surface area contributed by atoms with E-state index in [9.17, 15) is 15.2 Å². The van der Waals surface area contributed by atoms with Crippen LogP contribution in [0.15, 0.2) is 60.7 Å². The van der Waals surface area contributed by atoms with Crippen LogP contribution in [0.5, 0.6) is 5.75 Å². The van der Waals surface area contributed by atoms with Crippen LogP contribution in [0, 0.1) is 10.1 Å². The van der Waals surface area contributed by atoms with Gasteiger partial charge in [0.15, 0.2) is 5.75 Å². The fourth-order valence-corrected chi connectivity index (χ4v) is 2.86. The van der Waals surface area contributed by atoms with Crippen LogP contribution in [0.2, 0.25) is 0 Å². The van der Waals surface area contributed by atoms with Gasteiger partial charge in [0.25, 0.3) is 0 Å². The molecular formula is C20H20N2O4. The Morgan fingerprint density at radius 1 is 1.12 bits per heavy atom. The van der Waals surface area contributed by atoms with Crippen molar-refractivity contribution in [2.75, 3.05) is 18.5 Å². The number of aliphatic hydroxyl groups excluding tert-OH is 1. The number of nitro benzene ring substituents is 1. The second kappa shape index (κ2) is 7.84. The molecule has 2 N–H and O–H groups in total. The van der Waals surface area contributed by atoms with Crippen LogP contribution < -0.4 is 10.1 Å². The molecule has 1 unspecified atom stereocenters. The third-order valence-corrected chi connectivity index (χ3v) is 4.13. The van der Waals surface area contributed by atoms with Gasteiger partial charge in [0.1, 0.15) is 5.69 Å². The lowest BCUT2D eigenvalue weighted by molar-refractivity contribution is -0.384. The second-order valence-electron chi connectivity index (χ2n) is 5.85. The first kappa shape index (κ1) is 17.7.